The number of rotatable bonds is 1. The molecule has 3 nitrogen and oxygen atoms in total. The van der Waals surface area contributed by atoms with Crippen LogP contribution in [0.15, 0.2) is 6.20 Å². The van der Waals surface area contributed by atoms with Crippen LogP contribution in [-0.4, -0.2) is 12.1 Å². The van der Waals surface area contributed by atoms with Crippen molar-refractivity contribution in [3.63, 3.8) is 0 Å². The molecule has 1 heterocycles. The second-order valence-corrected chi connectivity index (χ2v) is 2.61. The second kappa shape index (κ2) is 3.15. The zero-order valence-corrected chi connectivity index (χ0v) is 7.28. The SMILES string of the molecule is COc1c(Cl)cnc(Cl)c1N. The third-order valence-corrected chi connectivity index (χ3v) is 1.75. The number of hydrogen-bond donors (Lipinski definition) is 1. The highest BCUT2D eigenvalue weighted by molar-refractivity contribution is 6.35. The lowest BCUT2D eigenvalue weighted by Crippen LogP contribution is -1.95. The van der Waals surface area contributed by atoms with Gasteiger partial charge >= 0.3 is 0 Å². The maximum atomic E-state index is 5.68. The van der Waals surface area contributed by atoms with Crippen molar-refractivity contribution < 1.29 is 4.74 Å². The molecule has 2 N–H and O–H groups in total. The average molecular weight is 193 g/mol. The average Bonchev–Trinajstić information content (AvgIpc) is 1.99. The van der Waals surface area contributed by atoms with E-state index in [1.54, 1.807) is 0 Å². The number of nitrogens with two attached hydrogens (primary N) is 1. The number of halogens is 2. The van der Waals surface area contributed by atoms with Gasteiger partial charge in [0.2, 0.25) is 0 Å². The Labute approximate surface area is 74.1 Å². The molecule has 1 aromatic rings. The van der Waals surface area contributed by atoms with E-state index < -0.39 is 0 Å². The molecule has 0 bridgehead atoms. The van der Waals surface area contributed by atoms with Gasteiger partial charge in [0.15, 0.2) is 10.9 Å². The van der Waals surface area contributed by atoms with E-state index in [1.165, 1.54) is 13.3 Å². The zero-order chi connectivity index (χ0) is 8.43. The Kier molecular flexibility index (Phi) is 2.42. The van der Waals surface area contributed by atoms with Crippen LogP contribution in [0.4, 0.5) is 5.69 Å². The van der Waals surface area contributed by atoms with Gasteiger partial charge in [-0.2, -0.15) is 0 Å². The van der Waals surface area contributed by atoms with Gasteiger partial charge in [0.1, 0.15) is 10.7 Å². The molecule has 5 heteroatoms. The Morgan fingerprint density at radius 2 is 2.18 bits per heavy atom. The number of anilines is 1. The molecule has 0 radical (unpaired) electrons. The maximum Gasteiger partial charge on any atom is 0.165 e. The first kappa shape index (κ1) is 8.43. The van der Waals surface area contributed by atoms with Crippen molar-refractivity contribution in [2.75, 3.05) is 12.8 Å². The minimum atomic E-state index is 0.200. The summed E-state index contributed by atoms with van der Waals surface area (Å²) in [6.07, 6.45) is 1.39. The normalized spacial score (nSPS) is 9.73. The molecule has 0 aliphatic rings. The molecule has 0 spiro atoms. The number of nitrogens with zero attached hydrogens (tertiary/aromatic N) is 1. The van der Waals surface area contributed by atoms with Crippen LogP contribution in [-0.2, 0) is 0 Å². The molecule has 11 heavy (non-hydrogen) atoms. The maximum absolute atomic E-state index is 5.68. The summed E-state index contributed by atoms with van der Waals surface area (Å²) in [5.74, 6) is 0.367. The van der Waals surface area contributed by atoms with Gasteiger partial charge in [-0.05, 0) is 0 Å². The van der Waals surface area contributed by atoms with E-state index in [-0.39, 0.29) is 10.8 Å². The zero-order valence-electron chi connectivity index (χ0n) is 5.77. The van der Waals surface area contributed by atoms with E-state index in [0.29, 0.717) is 10.8 Å². The van der Waals surface area contributed by atoms with Gasteiger partial charge < -0.3 is 10.5 Å². The Bertz CT molecular complexity index is 278. The summed E-state index contributed by atoms with van der Waals surface area (Å²) in [6.45, 7) is 0. The molecule has 0 atom stereocenters. The van der Waals surface area contributed by atoms with Crippen LogP contribution < -0.4 is 10.5 Å². The van der Waals surface area contributed by atoms with Crippen LogP contribution in [0, 0.1) is 0 Å². The first-order valence-corrected chi connectivity index (χ1v) is 3.56. The number of aromatic nitrogens is 1. The predicted octanol–water partition coefficient (Wildman–Crippen LogP) is 1.98. The molecule has 60 valence electrons. The molecule has 0 unspecified atom stereocenters. The fourth-order valence-corrected chi connectivity index (χ4v) is 1.03. The van der Waals surface area contributed by atoms with Gasteiger partial charge in [0, 0.05) is 0 Å². The van der Waals surface area contributed by atoms with Gasteiger partial charge in [-0.3, -0.25) is 0 Å². The van der Waals surface area contributed by atoms with Crippen LogP contribution >= 0.6 is 23.2 Å². The van der Waals surface area contributed by atoms with E-state index in [4.69, 9.17) is 33.7 Å². The fraction of sp³-hybridized carbons (Fsp3) is 0.167. The van der Waals surface area contributed by atoms with Crippen LogP contribution in [0.1, 0.15) is 0 Å². The topological polar surface area (TPSA) is 48.1 Å². The highest BCUT2D eigenvalue weighted by Gasteiger charge is 2.08. The van der Waals surface area contributed by atoms with E-state index >= 15 is 0 Å². The Morgan fingerprint density at radius 3 is 2.64 bits per heavy atom. The highest BCUT2D eigenvalue weighted by atomic mass is 35.5. The lowest BCUT2D eigenvalue weighted by molar-refractivity contribution is 0.417. The van der Waals surface area contributed by atoms with Crippen molar-refractivity contribution in [1.29, 1.82) is 0 Å². The Hall–Kier alpha value is -0.670. The van der Waals surface area contributed by atoms with Crippen molar-refractivity contribution in [3.8, 4) is 5.75 Å². The summed E-state index contributed by atoms with van der Waals surface area (Å²) >= 11 is 11.3. The summed E-state index contributed by atoms with van der Waals surface area (Å²) in [7, 11) is 1.47. The molecule has 0 fully saturated rings. The molecular weight excluding hydrogens is 187 g/mol. The van der Waals surface area contributed by atoms with Gasteiger partial charge in [-0.1, -0.05) is 23.2 Å². The van der Waals surface area contributed by atoms with Crippen molar-refractivity contribution in [1.82, 2.24) is 4.98 Å². The van der Waals surface area contributed by atoms with Gasteiger partial charge in [-0.15, -0.1) is 0 Å². The molecule has 0 aliphatic carbocycles. The van der Waals surface area contributed by atoms with Crippen molar-refractivity contribution in [2.45, 2.75) is 0 Å². The fourth-order valence-electron chi connectivity index (χ4n) is 0.671. The number of hydrogen-bond acceptors (Lipinski definition) is 3. The largest absolute Gasteiger partial charge is 0.493 e. The van der Waals surface area contributed by atoms with Crippen molar-refractivity contribution >= 4 is 28.9 Å². The third-order valence-electron chi connectivity index (χ3n) is 1.18. The number of methoxy groups -OCH3 is 1. The molecule has 0 saturated heterocycles. The molecule has 0 aliphatic heterocycles. The summed E-state index contributed by atoms with van der Waals surface area (Å²) in [6, 6.07) is 0. The quantitative estimate of drug-likeness (QED) is 0.693. The minimum Gasteiger partial charge on any atom is -0.493 e. The van der Waals surface area contributed by atoms with Gasteiger partial charge in [0.05, 0.1) is 13.3 Å². The van der Waals surface area contributed by atoms with Crippen molar-refractivity contribution in [3.05, 3.63) is 16.4 Å². The number of pyridine rings is 1. The third kappa shape index (κ3) is 1.49. The number of nitrogen functional groups attached to an aromatic ring is 1. The van der Waals surface area contributed by atoms with E-state index in [0.717, 1.165) is 0 Å². The van der Waals surface area contributed by atoms with E-state index in [2.05, 4.69) is 4.98 Å². The highest BCUT2D eigenvalue weighted by Crippen LogP contribution is 2.33. The van der Waals surface area contributed by atoms with Gasteiger partial charge in [-0.25, -0.2) is 4.98 Å². The standard InChI is InChI=1S/C6H6Cl2N2O/c1-11-5-3(7)2-10-6(8)4(5)9/h2H,9H2,1H3. The summed E-state index contributed by atoms with van der Waals surface area (Å²) in [5.41, 5.74) is 5.76. The predicted molar refractivity (Wildman–Crippen MR) is 45.2 cm³/mol. The second-order valence-electron chi connectivity index (χ2n) is 1.84. The summed E-state index contributed by atoms with van der Waals surface area (Å²) in [4.78, 5) is 3.72. The first-order valence-electron chi connectivity index (χ1n) is 2.80. The van der Waals surface area contributed by atoms with Crippen LogP contribution in [0.3, 0.4) is 0 Å². The van der Waals surface area contributed by atoms with Crippen LogP contribution in [0.5, 0.6) is 5.75 Å². The molecular formula is C6H6Cl2N2O. The van der Waals surface area contributed by atoms with E-state index in [1.807, 2.05) is 0 Å². The lowest BCUT2D eigenvalue weighted by Gasteiger charge is -2.05. The molecule has 0 amide bonds. The van der Waals surface area contributed by atoms with Crippen LogP contribution in [0.25, 0.3) is 0 Å². The van der Waals surface area contributed by atoms with E-state index in [9.17, 15) is 0 Å². The van der Waals surface area contributed by atoms with Crippen molar-refractivity contribution in [2.24, 2.45) is 0 Å². The number of ether oxygens (including phenoxy) is 1. The lowest BCUT2D eigenvalue weighted by atomic mass is 10.4. The van der Waals surface area contributed by atoms with Crippen LogP contribution in [0.2, 0.25) is 10.2 Å². The summed E-state index contributed by atoms with van der Waals surface area (Å²) < 4.78 is 4.88. The molecule has 1 aromatic heterocycles. The monoisotopic (exact) mass is 192 g/mol. The molecule has 0 aromatic carbocycles. The van der Waals surface area contributed by atoms with Gasteiger partial charge in [0.25, 0.3) is 0 Å². The Balaban J connectivity index is 3.29. The smallest absolute Gasteiger partial charge is 0.165 e. The molecule has 0 saturated carbocycles. The first-order chi connectivity index (χ1) is 5.16. The minimum absolute atomic E-state index is 0.200. The summed E-state index contributed by atoms with van der Waals surface area (Å²) in [5, 5.41) is 0.556. The molecule has 1 rings (SSSR count). The Morgan fingerprint density at radius 1 is 1.55 bits per heavy atom.